The van der Waals surface area contributed by atoms with Gasteiger partial charge in [-0.2, -0.15) is 0 Å². The molecule has 0 aromatic heterocycles. The van der Waals surface area contributed by atoms with Crippen molar-refractivity contribution in [1.82, 2.24) is 0 Å². The highest BCUT2D eigenvalue weighted by molar-refractivity contribution is 5.86. The Bertz CT molecular complexity index is 360. The van der Waals surface area contributed by atoms with Gasteiger partial charge in [0.25, 0.3) is 0 Å². The monoisotopic (exact) mass is 223 g/mol. The summed E-state index contributed by atoms with van der Waals surface area (Å²) in [5.74, 6) is -0.214. The minimum Gasteiger partial charge on any atom is -0.545 e. The van der Waals surface area contributed by atoms with Crippen LogP contribution in [0.2, 0.25) is 0 Å². The molecule has 0 atom stereocenters. The van der Waals surface area contributed by atoms with Crippen LogP contribution in [-0.4, -0.2) is 19.2 Å². The molecule has 0 aliphatic carbocycles. The van der Waals surface area contributed by atoms with E-state index in [-0.39, 0.29) is 5.56 Å². The molecule has 0 saturated carbocycles. The summed E-state index contributed by atoms with van der Waals surface area (Å²) in [4.78, 5) is 10.7. The minimum atomic E-state index is -1.22. The van der Waals surface area contributed by atoms with Crippen LogP contribution in [0.5, 0.6) is 11.5 Å². The van der Waals surface area contributed by atoms with Gasteiger partial charge in [0, 0.05) is 5.56 Å². The van der Waals surface area contributed by atoms with Gasteiger partial charge in [0.1, 0.15) is 0 Å². The summed E-state index contributed by atoms with van der Waals surface area (Å²) >= 11 is 0. The molecule has 1 aromatic rings. The second kappa shape index (κ2) is 6.00. The van der Waals surface area contributed by atoms with Crippen LogP contribution in [0.15, 0.2) is 18.2 Å². The number of hydrogen-bond acceptors (Lipinski definition) is 4. The molecule has 4 nitrogen and oxygen atoms in total. The lowest BCUT2D eigenvalue weighted by atomic mass is 10.2. The summed E-state index contributed by atoms with van der Waals surface area (Å²) in [6.07, 6.45) is 0.883. The Morgan fingerprint density at radius 2 is 2.00 bits per heavy atom. The van der Waals surface area contributed by atoms with E-state index in [0.717, 1.165) is 6.42 Å². The van der Waals surface area contributed by atoms with E-state index < -0.39 is 5.97 Å². The predicted molar refractivity (Wildman–Crippen MR) is 57.7 cm³/mol. The van der Waals surface area contributed by atoms with Gasteiger partial charge in [-0.25, -0.2) is 0 Å². The van der Waals surface area contributed by atoms with E-state index in [9.17, 15) is 9.90 Å². The van der Waals surface area contributed by atoms with Crippen LogP contribution in [0, 0.1) is 0 Å². The lowest BCUT2D eigenvalue weighted by Crippen LogP contribution is -2.22. The summed E-state index contributed by atoms with van der Waals surface area (Å²) in [7, 11) is 0. The van der Waals surface area contributed by atoms with Crippen LogP contribution in [0.25, 0.3) is 0 Å². The Morgan fingerprint density at radius 3 is 2.56 bits per heavy atom. The van der Waals surface area contributed by atoms with Gasteiger partial charge < -0.3 is 19.4 Å². The number of carbonyl (C=O) groups excluding carboxylic acids is 1. The number of carbonyl (C=O) groups is 1. The van der Waals surface area contributed by atoms with Crippen molar-refractivity contribution >= 4 is 5.97 Å². The van der Waals surface area contributed by atoms with Crippen LogP contribution >= 0.6 is 0 Å². The molecule has 1 rings (SSSR count). The van der Waals surface area contributed by atoms with Crippen molar-refractivity contribution in [3.8, 4) is 11.5 Å². The fraction of sp³-hybridized carbons (Fsp3) is 0.417. The average Bonchev–Trinajstić information content (AvgIpc) is 2.27. The van der Waals surface area contributed by atoms with Gasteiger partial charge in [-0.15, -0.1) is 0 Å². The number of benzene rings is 1. The molecule has 4 heteroatoms. The number of carboxylic acid groups (broad SMARTS) is 1. The van der Waals surface area contributed by atoms with Crippen molar-refractivity contribution in [3.05, 3.63) is 23.8 Å². The third-order valence-electron chi connectivity index (χ3n) is 1.94. The van der Waals surface area contributed by atoms with Crippen LogP contribution in [0.4, 0.5) is 0 Å². The van der Waals surface area contributed by atoms with Gasteiger partial charge in [0.05, 0.1) is 19.2 Å². The topological polar surface area (TPSA) is 58.6 Å². The summed E-state index contributed by atoms with van der Waals surface area (Å²) in [6, 6.07) is 4.46. The van der Waals surface area contributed by atoms with E-state index in [1.165, 1.54) is 12.1 Å². The van der Waals surface area contributed by atoms with E-state index in [0.29, 0.717) is 24.7 Å². The number of rotatable bonds is 6. The molecule has 0 radical (unpaired) electrons. The zero-order chi connectivity index (χ0) is 12.0. The number of carboxylic acids is 1. The zero-order valence-corrected chi connectivity index (χ0v) is 9.49. The Hall–Kier alpha value is -1.71. The molecule has 0 amide bonds. The molecule has 88 valence electrons. The maximum atomic E-state index is 10.7. The Morgan fingerprint density at radius 1 is 1.25 bits per heavy atom. The summed E-state index contributed by atoms with van der Waals surface area (Å²) in [5, 5.41) is 10.7. The molecule has 1 aromatic carbocycles. The Kier molecular flexibility index (Phi) is 4.64. The van der Waals surface area contributed by atoms with Gasteiger partial charge in [-0.1, -0.05) is 6.92 Å². The smallest absolute Gasteiger partial charge is 0.161 e. The predicted octanol–water partition coefficient (Wildman–Crippen LogP) is 1.24. The van der Waals surface area contributed by atoms with Gasteiger partial charge >= 0.3 is 0 Å². The van der Waals surface area contributed by atoms with Gasteiger partial charge in [0.15, 0.2) is 11.5 Å². The van der Waals surface area contributed by atoms with Crippen molar-refractivity contribution in [2.24, 2.45) is 0 Å². The fourth-order valence-electron chi connectivity index (χ4n) is 1.23. The first-order chi connectivity index (χ1) is 7.69. The molecule has 0 heterocycles. The van der Waals surface area contributed by atoms with Crippen LogP contribution in [0.3, 0.4) is 0 Å². The highest BCUT2D eigenvalue weighted by atomic mass is 16.5. The standard InChI is InChI=1S/C12H16O4/c1-3-7-16-10-6-5-9(12(13)14)8-11(10)15-4-2/h5-6,8H,3-4,7H2,1-2H3,(H,13,14)/p-1. The largest absolute Gasteiger partial charge is 0.545 e. The minimum absolute atomic E-state index is 0.0901. The second-order valence-electron chi connectivity index (χ2n) is 3.23. The Balaban J connectivity index is 2.94. The molecule has 0 N–H and O–H groups in total. The average molecular weight is 223 g/mol. The van der Waals surface area contributed by atoms with E-state index >= 15 is 0 Å². The van der Waals surface area contributed by atoms with Gasteiger partial charge in [0.2, 0.25) is 0 Å². The maximum Gasteiger partial charge on any atom is 0.161 e. The van der Waals surface area contributed by atoms with E-state index in [1.807, 2.05) is 13.8 Å². The summed E-state index contributed by atoms with van der Waals surface area (Å²) in [6.45, 7) is 4.86. The lowest BCUT2D eigenvalue weighted by Gasteiger charge is -2.13. The number of aromatic carboxylic acids is 1. The highest BCUT2D eigenvalue weighted by Crippen LogP contribution is 2.28. The molecule has 0 spiro atoms. The Labute approximate surface area is 94.8 Å². The maximum absolute atomic E-state index is 10.7. The molecule has 0 aliphatic heterocycles. The number of hydrogen-bond donors (Lipinski definition) is 0. The van der Waals surface area contributed by atoms with Crippen molar-refractivity contribution in [2.75, 3.05) is 13.2 Å². The highest BCUT2D eigenvalue weighted by Gasteiger charge is 2.06. The summed E-state index contributed by atoms with van der Waals surface area (Å²) in [5.41, 5.74) is 0.0901. The van der Waals surface area contributed by atoms with Crippen molar-refractivity contribution in [3.63, 3.8) is 0 Å². The van der Waals surface area contributed by atoms with Crippen LogP contribution in [-0.2, 0) is 0 Å². The van der Waals surface area contributed by atoms with E-state index in [4.69, 9.17) is 9.47 Å². The third kappa shape index (κ3) is 3.15. The molecule has 0 unspecified atom stereocenters. The van der Waals surface area contributed by atoms with Crippen molar-refractivity contribution in [2.45, 2.75) is 20.3 Å². The van der Waals surface area contributed by atoms with Crippen LogP contribution in [0.1, 0.15) is 30.6 Å². The molecule has 0 aliphatic rings. The molecular formula is C12H15O4-. The molecule has 0 bridgehead atoms. The quantitative estimate of drug-likeness (QED) is 0.728. The summed E-state index contributed by atoms with van der Waals surface area (Å²) < 4.78 is 10.7. The normalized spacial score (nSPS) is 9.88. The molecule has 16 heavy (non-hydrogen) atoms. The molecule has 0 saturated heterocycles. The first-order valence-corrected chi connectivity index (χ1v) is 5.30. The number of ether oxygens (including phenoxy) is 2. The SMILES string of the molecule is CCCOc1ccc(C(=O)[O-])cc1OCC. The molecular weight excluding hydrogens is 208 g/mol. The first-order valence-electron chi connectivity index (χ1n) is 5.30. The van der Waals surface area contributed by atoms with Crippen molar-refractivity contribution in [1.29, 1.82) is 0 Å². The van der Waals surface area contributed by atoms with Gasteiger partial charge in [-0.3, -0.25) is 0 Å². The zero-order valence-electron chi connectivity index (χ0n) is 9.49. The van der Waals surface area contributed by atoms with Crippen molar-refractivity contribution < 1.29 is 19.4 Å². The van der Waals surface area contributed by atoms with Gasteiger partial charge in [-0.05, 0) is 31.5 Å². The lowest BCUT2D eigenvalue weighted by molar-refractivity contribution is -0.255. The second-order valence-corrected chi connectivity index (χ2v) is 3.23. The fourth-order valence-corrected chi connectivity index (χ4v) is 1.23. The molecule has 0 fully saturated rings. The first kappa shape index (κ1) is 12.4. The van der Waals surface area contributed by atoms with Crippen LogP contribution < -0.4 is 14.6 Å². The van der Waals surface area contributed by atoms with E-state index in [1.54, 1.807) is 6.07 Å². The third-order valence-corrected chi connectivity index (χ3v) is 1.94. The van der Waals surface area contributed by atoms with E-state index in [2.05, 4.69) is 0 Å².